The highest BCUT2D eigenvalue weighted by Crippen LogP contribution is 2.17. The van der Waals surface area contributed by atoms with Crippen molar-refractivity contribution in [1.82, 2.24) is 16.0 Å². The second-order valence-electron chi connectivity index (χ2n) is 8.50. The van der Waals surface area contributed by atoms with E-state index in [-0.39, 0.29) is 26.1 Å². The third-order valence-corrected chi connectivity index (χ3v) is 4.42. The molecule has 0 unspecified atom stereocenters. The summed E-state index contributed by atoms with van der Waals surface area (Å²) in [5, 5.41) is 7.44. The Hall–Kier alpha value is -3.62. The van der Waals surface area contributed by atoms with Gasteiger partial charge in [-0.25, -0.2) is 4.79 Å². The minimum absolute atomic E-state index is 0.106. The predicted octanol–water partition coefficient (Wildman–Crippen LogP) is 2.13. The molecule has 0 bridgehead atoms. The summed E-state index contributed by atoms with van der Waals surface area (Å²) in [5.41, 5.74) is 1.09. The second-order valence-corrected chi connectivity index (χ2v) is 8.50. The summed E-state index contributed by atoms with van der Waals surface area (Å²) in [7, 11) is 0. The van der Waals surface area contributed by atoms with E-state index in [1.165, 1.54) is 0 Å². The lowest BCUT2D eigenvalue weighted by Crippen LogP contribution is -2.50. The quantitative estimate of drug-likeness (QED) is 0.463. The molecule has 1 aliphatic carbocycles. The fraction of sp³-hybridized carbons (Fsp3) is 0.417. The molecule has 9 nitrogen and oxygen atoms in total. The standard InChI is InChI=1S/C24H31N3O6/c1-24(2,3)33-23(31)27-19(13-17-9-7-8-10-17)22(30)26-14-20(28)25-15-21(29)32-16-18-11-5-4-6-12-18/h4-9,11-12,19H,10,13-16H2,1-3H3,(H,25,28)(H,26,30)(H,27,31)/t19-/m0/s1. The number of amides is 3. The molecule has 0 spiro atoms. The number of ether oxygens (including phenoxy) is 2. The van der Waals surface area contributed by atoms with Crippen molar-refractivity contribution in [3.63, 3.8) is 0 Å². The SMILES string of the molecule is CC(C)(C)OC(=O)N[C@@H](CC1=CC=CC1)C(=O)NCC(=O)NCC(=O)OCc1ccccc1. The summed E-state index contributed by atoms with van der Waals surface area (Å²) >= 11 is 0. The van der Waals surface area contributed by atoms with Gasteiger partial charge >= 0.3 is 12.1 Å². The number of hydrogen-bond donors (Lipinski definition) is 3. The maximum atomic E-state index is 12.6. The van der Waals surface area contributed by atoms with Gasteiger partial charge in [-0.1, -0.05) is 54.1 Å². The molecule has 2 rings (SSSR count). The van der Waals surface area contributed by atoms with Gasteiger partial charge < -0.3 is 25.4 Å². The van der Waals surface area contributed by atoms with Gasteiger partial charge in [0, 0.05) is 0 Å². The summed E-state index contributed by atoms with van der Waals surface area (Å²) in [4.78, 5) is 48.6. The lowest BCUT2D eigenvalue weighted by atomic mass is 10.0. The van der Waals surface area contributed by atoms with Crippen molar-refractivity contribution in [3.05, 3.63) is 59.7 Å². The molecule has 9 heteroatoms. The molecule has 33 heavy (non-hydrogen) atoms. The average Bonchev–Trinajstić information content (AvgIpc) is 3.26. The first-order valence-electron chi connectivity index (χ1n) is 10.7. The van der Waals surface area contributed by atoms with E-state index in [1.807, 2.05) is 48.6 Å². The largest absolute Gasteiger partial charge is 0.460 e. The van der Waals surface area contributed by atoms with Crippen LogP contribution in [0.25, 0.3) is 0 Å². The van der Waals surface area contributed by atoms with Gasteiger partial charge in [-0.15, -0.1) is 0 Å². The molecule has 0 aliphatic heterocycles. The highest BCUT2D eigenvalue weighted by Gasteiger charge is 2.25. The van der Waals surface area contributed by atoms with E-state index < -0.39 is 35.5 Å². The summed E-state index contributed by atoms with van der Waals surface area (Å²) in [6.45, 7) is 4.60. The zero-order valence-electron chi connectivity index (χ0n) is 19.2. The van der Waals surface area contributed by atoms with Crippen molar-refractivity contribution in [2.24, 2.45) is 0 Å². The normalized spacial score (nSPS) is 13.5. The molecule has 0 aromatic heterocycles. The van der Waals surface area contributed by atoms with Gasteiger partial charge in [0.1, 0.15) is 24.8 Å². The third kappa shape index (κ3) is 10.5. The highest BCUT2D eigenvalue weighted by molar-refractivity contribution is 5.90. The molecule has 0 fully saturated rings. The summed E-state index contributed by atoms with van der Waals surface area (Å²) in [6, 6.07) is 8.25. The smallest absolute Gasteiger partial charge is 0.408 e. The van der Waals surface area contributed by atoms with Gasteiger partial charge in [0.05, 0.1) is 6.54 Å². The topological polar surface area (TPSA) is 123 Å². The van der Waals surface area contributed by atoms with E-state index in [1.54, 1.807) is 20.8 Å². The zero-order chi connectivity index (χ0) is 24.3. The van der Waals surface area contributed by atoms with E-state index in [0.717, 1.165) is 11.1 Å². The van der Waals surface area contributed by atoms with Crippen LogP contribution in [0.1, 0.15) is 39.2 Å². The first-order chi connectivity index (χ1) is 15.6. The average molecular weight is 458 g/mol. The molecular formula is C24H31N3O6. The molecule has 0 saturated carbocycles. The number of benzene rings is 1. The van der Waals surface area contributed by atoms with Crippen LogP contribution < -0.4 is 16.0 Å². The van der Waals surface area contributed by atoms with Crippen LogP contribution in [0.15, 0.2) is 54.1 Å². The Balaban J connectivity index is 1.77. The number of nitrogens with one attached hydrogen (secondary N) is 3. The molecule has 1 aromatic carbocycles. The Bertz CT molecular complexity index is 903. The Morgan fingerprint density at radius 2 is 1.76 bits per heavy atom. The van der Waals surface area contributed by atoms with Crippen molar-refractivity contribution in [2.75, 3.05) is 13.1 Å². The lowest BCUT2D eigenvalue weighted by molar-refractivity contribution is -0.145. The number of rotatable bonds is 10. The van der Waals surface area contributed by atoms with Gasteiger partial charge in [0.15, 0.2) is 0 Å². The van der Waals surface area contributed by atoms with Gasteiger partial charge in [-0.2, -0.15) is 0 Å². The number of hydrogen-bond acceptors (Lipinski definition) is 6. The predicted molar refractivity (Wildman–Crippen MR) is 122 cm³/mol. The molecule has 1 aromatic rings. The van der Waals surface area contributed by atoms with Crippen LogP contribution in [0.2, 0.25) is 0 Å². The first-order valence-corrected chi connectivity index (χ1v) is 10.7. The van der Waals surface area contributed by atoms with Gasteiger partial charge in [0.25, 0.3) is 0 Å². The number of carbonyl (C=O) groups excluding carboxylic acids is 4. The van der Waals surface area contributed by atoms with E-state index in [0.29, 0.717) is 6.42 Å². The van der Waals surface area contributed by atoms with E-state index in [4.69, 9.17) is 9.47 Å². The minimum atomic E-state index is -0.908. The summed E-state index contributed by atoms with van der Waals surface area (Å²) in [5.74, 6) is -1.68. The van der Waals surface area contributed by atoms with Crippen LogP contribution in [0.3, 0.4) is 0 Å². The Morgan fingerprint density at radius 1 is 1.03 bits per heavy atom. The van der Waals surface area contributed by atoms with Crippen LogP contribution >= 0.6 is 0 Å². The fourth-order valence-electron chi connectivity index (χ4n) is 2.88. The fourth-order valence-corrected chi connectivity index (χ4v) is 2.88. The molecule has 0 heterocycles. The van der Waals surface area contributed by atoms with Crippen molar-refractivity contribution in [2.45, 2.75) is 51.9 Å². The van der Waals surface area contributed by atoms with Gasteiger partial charge in [-0.3, -0.25) is 14.4 Å². The van der Waals surface area contributed by atoms with Crippen molar-refractivity contribution < 1.29 is 28.7 Å². The maximum Gasteiger partial charge on any atom is 0.408 e. The molecule has 1 atom stereocenters. The van der Waals surface area contributed by atoms with Crippen molar-refractivity contribution in [1.29, 1.82) is 0 Å². The highest BCUT2D eigenvalue weighted by atomic mass is 16.6. The lowest BCUT2D eigenvalue weighted by Gasteiger charge is -2.23. The molecule has 3 amide bonds. The Labute approximate surface area is 193 Å². The monoisotopic (exact) mass is 457 g/mol. The second kappa shape index (κ2) is 12.4. The molecule has 0 saturated heterocycles. The molecule has 3 N–H and O–H groups in total. The van der Waals surface area contributed by atoms with Crippen LogP contribution in [-0.2, 0) is 30.5 Å². The van der Waals surface area contributed by atoms with Gasteiger partial charge in [-0.05, 0) is 39.2 Å². The molecule has 0 radical (unpaired) electrons. The molecule has 178 valence electrons. The zero-order valence-corrected chi connectivity index (χ0v) is 19.2. The van der Waals surface area contributed by atoms with Crippen molar-refractivity contribution in [3.8, 4) is 0 Å². The number of alkyl carbamates (subject to hydrolysis) is 1. The van der Waals surface area contributed by atoms with E-state index in [2.05, 4.69) is 16.0 Å². The number of carbonyl (C=O) groups is 4. The molecular weight excluding hydrogens is 426 g/mol. The van der Waals surface area contributed by atoms with Crippen LogP contribution in [-0.4, -0.2) is 48.6 Å². The van der Waals surface area contributed by atoms with E-state index >= 15 is 0 Å². The van der Waals surface area contributed by atoms with E-state index in [9.17, 15) is 19.2 Å². The summed E-state index contributed by atoms with van der Waals surface area (Å²) in [6.07, 6.45) is 5.95. The summed E-state index contributed by atoms with van der Waals surface area (Å²) < 4.78 is 10.3. The van der Waals surface area contributed by atoms with Crippen LogP contribution in [0.4, 0.5) is 4.79 Å². The van der Waals surface area contributed by atoms with Crippen LogP contribution in [0.5, 0.6) is 0 Å². The number of allylic oxidation sites excluding steroid dienone is 3. The molecule has 1 aliphatic rings. The Kier molecular flexibility index (Phi) is 9.65. The Morgan fingerprint density at radius 3 is 2.39 bits per heavy atom. The van der Waals surface area contributed by atoms with Crippen molar-refractivity contribution >= 4 is 23.9 Å². The number of esters is 1. The van der Waals surface area contributed by atoms with Crippen LogP contribution in [0, 0.1) is 0 Å². The maximum absolute atomic E-state index is 12.6. The third-order valence-electron chi connectivity index (χ3n) is 4.42. The first kappa shape index (κ1) is 25.6. The minimum Gasteiger partial charge on any atom is -0.460 e. The van der Waals surface area contributed by atoms with Gasteiger partial charge in [0.2, 0.25) is 11.8 Å².